The van der Waals surface area contributed by atoms with E-state index in [0.29, 0.717) is 11.1 Å². The maximum absolute atomic E-state index is 14.0. The molecular formula is C28H22Cl3N3O8. The van der Waals surface area contributed by atoms with Crippen molar-refractivity contribution >= 4 is 69.8 Å². The Hall–Kier alpha value is -3.67. The number of nitro groups is 1. The Morgan fingerprint density at radius 2 is 1.71 bits per heavy atom. The van der Waals surface area contributed by atoms with Gasteiger partial charge in [0.25, 0.3) is 17.5 Å². The molecule has 4 aliphatic rings. The number of carbonyl (C=O) groups is 4. The number of likely N-dealkylation sites (tertiary alicyclic amines) is 1. The van der Waals surface area contributed by atoms with Crippen molar-refractivity contribution in [1.82, 2.24) is 4.90 Å². The number of carbonyl (C=O) groups excluding carboxylic acids is 4. The minimum atomic E-state index is -2.02. The normalized spacial score (nSPS) is 32.0. The lowest BCUT2D eigenvalue weighted by Crippen LogP contribution is -2.60. The van der Waals surface area contributed by atoms with E-state index in [2.05, 4.69) is 0 Å². The number of methoxy groups -OCH3 is 1. The van der Waals surface area contributed by atoms with Gasteiger partial charge in [0, 0.05) is 25.1 Å². The highest BCUT2D eigenvalue weighted by atomic mass is 35.5. The minimum Gasteiger partial charge on any atom is -0.503 e. The molecule has 2 aliphatic heterocycles. The molecule has 0 spiro atoms. The van der Waals surface area contributed by atoms with Gasteiger partial charge in [0.1, 0.15) is 0 Å². The van der Waals surface area contributed by atoms with E-state index in [9.17, 15) is 34.4 Å². The summed E-state index contributed by atoms with van der Waals surface area (Å²) in [4.78, 5) is 63.2. The van der Waals surface area contributed by atoms with Crippen LogP contribution in [-0.4, -0.2) is 62.5 Å². The molecule has 14 heteroatoms. The molecule has 6 atom stereocenters. The van der Waals surface area contributed by atoms with Crippen LogP contribution in [0.25, 0.3) is 0 Å². The molecule has 2 saturated heterocycles. The number of non-ortho nitro benzene ring substituents is 1. The lowest BCUT2D eigenvalue weighted by molar-refractivity contribution is -0.384. The van der Waals surface area contributed by atoms with E-state index in [1.807, 2.05) is 0 Å². The predicted molar refractivity (Wildman–Crippen MR) is 151 cm³/mol. The topological polar surface area (TPSA) is 147 Å². The number of allylic oxidation sites excluding steroid dienone is 2. The van der Waals surface area contributed by atoms with Crippen LogP contribution in [0.5, 0.6) is 11.5 Å². The van der Waals surface area contributed by atoms with Crippen molar-refractivity contribution in [1.29, 1.82) is 0 Å². The number of halogens is 3. The van der Waals surface area contributed by atoms with Gasteiger partial charge >= 0.3 is 0 Å². The third-order valence-electron chi connectivity index (χ3n) is 8.94. The second-order valence-corrected chi connectivity index (χ2v) is 12.5. The molecule has 218 valence electrons. The average molecular weight is 635 g/mol. The quantitative estimate of drug-likeness (QED) is 0.173. The number of nitrogens with zero attached hydrogens (tertiary/aromatic N) is 3. The summed E-state index contributed by atoms with van der Waals surface area (Å²) in [6.07, 6.45) is 1.68. The highest BCUT2D eigenvalue weighted by molar-refractivity contribution is 6.53. The number of imide groups is 2. The monoisotopic (exact) mass is 633 g/mol. The van der Waals surface area contributed by atoms with Gasteiger partial charge < -0.3 is 9.84 Å². The standard InChI is InChI=1S/C28H22Cl3N3O8/c1-32-25(38)27(30)11-17-15(21(28(27,31)26(32)39)12-9-18(29)22(35)19(10-12)42-2)7-8-16-20(17)24(37)33(23(16)36)13-3-5-14(6-4-13)34(40)41/h3-7,9-10,16-17,20-21,35H,8,11H2,1-2H3/t16-,17+,20-,21-,27+,28-/m0/s1. The zero-order valence-corrected chi connectivity index (χ0v) is 24.3. The number of phenolic OH excluding ortho intramolecular Hbond substituents is 1. The van der Waals surface area contributed by atoms with Crippen molar-refractivity contribution in [3.05, 3.63) is 68.7 Å². The zero-order chi connectivity index (χ0) is 30.5. The third kappa shape index (κ3) is 3.53. The van der Waals surface area contributed by atoms with Crippen LogP contribution in [-0.2, 0) is 19.2 Å². The summed E-state index contributed by atoms with van der Waals surface area (Å²) in [6, 6.07) is 7.91. The first-order valence-electron chi connectivity index (χ1n) is 12.9. The first kappa shape index (κ1) is 28.4. The Kier molecular flexibility index (Phi) is 6.38. The van der Waals surface area contributed by atoms with Gasteiger partial charge in [-0.25, -0.2) is 0 Å². The molecule has 1 saturated carbocycles. The lowest BCUT2D eigenvalue weighted by Gasteiger charge is -2.50. The second-order valence-electron chi connectivity index (χ2n) is 10.8. The number of hydrogen-bond donors (Lipinski definition) is 1. The molecule has 4 amide bonds. The summed E-state index contributed by atoms with van der Waals surface area (Å²) >= 11 is 20.6. The van der Waals surface area contributed by atoms with Crippen LogP contribution >= 0.6 is 34.8 Å². The van der Waals surface area contributed by atoms with Crippen LogP contribution in [0.4, 0.5) is 11.4 Å². The van der Waals surface area contributed by atoms with Crippen molar-refractivity contribution < 1.29 is 33.9 Å². The maximum atomic E-state index is 14.0. The van der Waals surface area contributed by atoms with E-state index in [1.54, 1.807) is 6.08 Å². The number of hydrogen-bond acceptors (Lipinski definition) is 8. The van der Waals surface area contributed by atoms with Gasteiger partial charge in [-0.05, 0) is 48.6 Å². The number of anilines is 1. The van der Waals surface area contributed by atoms with Gasteiger partial charge in [-0.1, -0.05) is 23.3 Å². The van der Waals surface area contributed by atoms with Crippen LogP contribution in [0, 0.1) is 27.9 Å². The lowest BCUT2D eigenvalue weighted by atomic mass is 9.56. The van der Waals surface area contributed by atoms with Crippen LogP contribution < -0.4 is 9.64 Å². The number of aromatic hydroxyl groups is 1. The first-order chi connectivity index (χ1) is 19.8. The Balaban J connectivity index is 1.50. The smallest absolute Gasteiger partial charge is 0.269 e. The van der Waals surface area contributed by atoms with E-state index in [1.165, 1.54) is 50.6 Å². The number of nitro benzene ring substituents is 1. The first-order valence-corrected chi connectivity index (χ1v) is 14.0. The van der Waals surface area contributed by atoms with Crippen LogP contribution in [0.1, 0.15) is 24.3 Å². The number of benzene rings is 2. The zero-order valence-electron chi connectivity index (χ0n) is 22.0. The fraction of sp³-hybridized carbons (Fsp3) is 0.357. The van der Waals surface area contributed by atoms with E-state index < -0.39 is 62.0 Å². The van der Waals surface area contributed by atoms with Crippen molar-refractivity contribution in [2.24, 2.45) is 17.8 Å². The van der Waals surface area contributed by atoms with E-state index in [0.717, 1.165) is 9.80 Å². The van der Waals surface area contributed by atoms with Crippen LogP contribution in [0.15, 0.2) is 48.0 Å². The Morgan fingerprint density at radius 1 is 1.05 bits per heavy atom. The van der Waals surface area contributed by atoms with Gasteiger partial charge in [-0.3, -0.25) is 39.1 Å². The van der Waals surface area contributed by atoms with Crippen molar-refractivity contribution in [3.8, 4) is 11.5 Å². The highest BCUT2D eigenvalue weighted by Crippen LogP contribution is 2.65. The van der Waals surface area contributed by atoms with Crippen LogP contribution in [0.2, 0.25) is 5.02 Å². The molecule has 0 unspecified atom stereocenters. The molecule has 1 N–H and O–H groups in total. The molecule has 2 aromatic carbocycles. The van der Waals surface area contributed by atoms with Crippen LogP contribution in [0.3, 0.4) is 0 Å². The van der Waals surface area contributed by atoms with Gasteiger partial charge in [0.05, 0.1) is 34.6 Å². The molecule has 2 aromatic rings. The SMILES string of the molecule is COc1cc([C@H]2C3=CC[C@@H]4C(=O)N(c5ccc([N+](=O)[O-])cc5)C(=O)[C@@H]4[C@@H]3C[C@@]3(Cl)C(=O)N(C)C(=O)[C@@]23Cl)cc(Cl)c1O. The Morgan fingerprint density at radius 3 is 2.33 bits per heavy atom. The van der Waals surface area contributed by atoms with Gasteiger partial charge in [0.15, 0.2) is 21.2 Å². The number of phenols is 1. The molecule has 0 aromatic heterocycles. The largest absolute Gasteiger partial charge is 0.503 e. The van der Waals surface area contributed by atoms with Crippen molar-refractivity contribution in [2.45, 2.75) is 28.5 Å². The van der Waals surface area contributed by atoms with E-state index in [-0.39, 0.29) is 40.7 Å². The molecule has 3 fully saturated rings. The Labute approximate surface area is 253 Å². The molecular weight excluding hydrogens is 613 g/mol. The fourth-order valence-electron chi connectivity index (χ4n) is 7.01. The molecule has 6 rings (SSSR count). The van der Waals surface area contributed by atoms with E-state index in [4.69, 9.17) is 39.5 Å². The Bertz CT molecular complexity index is 1650. The number of alkyl halides is 2. The summed E-state index contributed by atoms with van der Waals surface area (Å²) in [7, 11) is 2.60. The van der Waals surface area contributed by atoms with Gasteiger partial charge in [-0.15, -0.1) is 23.2 Å². The number of ether oxygens (including phenoxy) is 1. The molecule has 42 heavy (non-hydrogen) atoms. The summed E-state index contributed by atoms with van der Waals surface area (Å²) in [5, 5.41) is 21.4. The second kappa shape index (κ2) is 9.42. The minimum absolute atomic E-state index is 0.00376. The molecule has 2 heterocycles. The number of fused-ring (bicyclic) bond motifs is 4. The average Bonchev–Trinajstić information content (AvgIpc) is 3.29. The molecule has 0 bridgehead atoms. The number of amides is 4. The predicted octanol–water partition coefficient (Wildman–Crippen LogP) is 4.16. The van der Waals surface area contributed by atoms with Gasteiger partial charge in [-0.2, -0.15) is 0 Å². The summed E-state index contributed by atoms with van der Waals surface area (Å²) in [6.45, 7) is 0. The summed E-state index contributed by atoms with van der Waals surface area (Å²) < 4.78 is 5.28. The van der Waals surface area contributed by atoms with Crippen molar-refractivity contribution in [2.75, 3.05) is 19.1 Å². The fourth-order valence-corrected chi connectivity index (χ4v) is 8.25. The highest BCUT2D eigenvalue weighted by Gasteiger charge is 2.76. The molecule has 11 nitrogen and oxygen atoms in total. The third-order valence-corrected chi connectivity index (χ3v) is 10.6. The number of rotatable bonds is 4. The summed E-state index contributed by atoms with van der Waals surface area (Å²) in [5.74, 6) is -6.47. The maximum Gasteiger partial charge on any atom is 0.269 e. The summed E-state index contributed by atoms with van der Waals surface area (Å²) in [5.41, 5.74) is 0.834. The van der Waals surface area contributed by atoms with Gasteiger partial charge in [0.2, 0.25) is 11.8 Å². The molecule has 2 aliphatic carbocycles. The molecule has 0 radical (unpaired) electrons. The van der Waals surface area contributed by atoms with Crippen molar-refractivity contribution in [3.63, 3.8) is 0 Å². The van der Waals surface area contributed by atoms with E-state index >= 15 is 0 Å².